The van der Waals surface area contributed by atoms with Crippen LogP contribution in [0.25, 0.3) is 0 Å². The predicted octanol–water partition coefficient (Wildman–Crippen LogP) is -1.92. The number of carboxylic acid groups (broad SMARTS) is 1. The molecule has 0 aromatic heterocycles. The number of hydrogen-bond acceptors (Lipinski definition) is 5. The lowest BCUT2D eigenvalue weighted by atomic mass is 10.3. The number of nitrogens with zero attached hydrogens (tertiary/aromatic N) is 1. The Labute approximate surface area is 66.7 Å². The molecule has 2 N–H and O–H groups in total. The van der Waals surface area contributed by atoms with Crippen LogP contribution < -0.4 is 10.8 Å². The summed E-state index contributed by atoms with van der Waals surface area (Å²) in [4.78, 5) is 24.2. The molecule has 0 aliphatic carbocycles. The lowest BCUT2D eigenvalue weighted by Crippen LogP contribution is -2.38. The first kappa shape index (κ1) is 8.06. The molecule has 0 bridgehead atoms. The van der Waals surface area contributed by atoms with Crippen LogP contribution in [0, 0.1) is 0 Å². The van der Waals surface area contributed by atoms with Crippen molar-refractivity contribution in [3.63, 3.8) is 0 Å². The van der Waals surface area contributed by atoms with Crippen LogP contribution in [0.2, 0.25) is 0 Å². The van der Waals surface area contributed by atoms with Gasteiger partial charge in [0, 0.05) is 6.42 Å². The van der Waals surface area contributed by atoms with E-state index in [1.54, 1.807) is 0 Å². The molecule has 0 aromatic carbocycles. The summed E-state index contributed by atoms with van der Waals surface area (Å²) in [6, 6.07) is 0. The standard InChI is InChI=1S/C5H6N2O3S/c6-5-7-3(8)1-2(11-5)4(9)10/h2H,1H2,(H,9,10)(H2,6,7,8)/p-1/t2-/m1/s1. The molecule has 6 heteroatoms. The Hall–Kier alpha value is -1.04. The maximum absolute atomic E-state index is 10.6. The van der Waals surface area contributed by atoms with Crippen LogP contribution >= 0.6 is 11.8 Å². The summed E-state index contributed by atoms with van der Waals surface area (Å²) in [6.07, 6.45) is -0.131. The first-order valence-corrected chi connectivity index (χ1v) is 3.72. The molecule has 1 amide bonds. The third-order valence-electron chi connectivity index (χ3n) is 1.12. The second-order valence-corrected chi connectivity index (χ2v) is 3.20. The fourth-order valence-corrected chi connectivity index (χ4v) is 1.44. The molecule has 1 atom stereocenters. The Morgan fingerprint density at radius 3 is 2.91 bits per heavy atom. The van der Waals surface area contributed by atoms with Gasteiger partial charge in [-0.2, -0.15) is 4.99 Å². The third kappa shape index (κ3) is 1.94. The Kier molecular flexibility index (Phi) is 2.13. The van der Waals surface area contributed by atoms with E-state index in [1.807, 2.05) is 0 Å². The van der Waals surface area contributed by atoms with Crippen molar-refractivity contribution in [2.45, 2.75) is 11.7 Å². The van der Waals surface area contributed by atoms with Gasteiger partial charge in [-0.3, -0.25) is 4.79 Å². The van der Waals surface area contributed by atoms with Gasteiger partial charge in [0.2, 0.25) is 5.91 Å². The van der Waals surface area contributed by atoms with Crippen molar-refractivity contribution in [1.29, 1.82) is 0 Å². The molecule has 1 heterocycles. The van der Waals surface area contributed by atoms with Crippen LogP contribution in [0.4, 0.5) is 0 Å². The second-order valence-electron chi connectivity index (χ2n) is 1.97. The van der Waals surface area contributed by atoms with Crippen molar-refractivity contribution >= 4 is 28.8 Å². The summed E-state index contributed by atoms with van der Waals surface area (Å²) >= 11 is 0.843. The van der Waals surface area contributed by atoms with E-state index in [0.717, 1.165) is 11.8 Å². The smallest absolute Gasteiger partial charge is 0.249 e. The molecule has 1 aliphatic heterocycles. The van der Waals surface area contributed by atoms with E-state index >= 15 is 0 Å². The zero-order valence-corrected chi connectivity index (χ0v) is 6.26. The summed E-state index contributed by atoms with van der Waals surface area (Å²) in [6.45, 7) is 0. The molecule has 0 saturated carbocycles. The summed E-state index contributed by atoms with van der Waals surface area (Å²) in [7, 11) is 0. The van der Waals surface area contributed by atoms with Gasteiger partial charge < -0.3 is 15.6 Å². The van der Waals surface area contributed by atoms with Gasteiger partial charge in [0.05, 0.1) is 11.2 Å². The molecule has 1 rings (SSSR count). The molecule has 0 saturated heterocycles. The number of carbonyl (C=O) groups excluding carboxylic acids is 2. The normalized spacial score (nSPS) is 24.5. The molecule has 0 spiro atoms. The van der Waals surface area contributed by atoms with E-state index in [2.05, 4.69) is 4.99 Å². The fraction of sp³-hybridized carbons (Fsp3) is 0.400. The highest BCUT2D eigenvalue weighted by molar-refractivity contribution is 8.15. The average molecular weight is 173 g/mol. The first-order chi connectivity index (χ1) is 5.09. The average Bonchev–Trinajstić information content (AvgIpc) is 1.85. The molecular weight excluding hydrogens is 168 g/mol. The summed E-state index contributed by atoms with van der Waals surface area (Å²) < 4.78 is 0. The summed E-state index contributed by atoms with van der Waals surface area (Å²) in [5, 5.41) is 9.37. The van der Waals surface area contributed by atoms with Crippen molar-refractivity contribution in [2.24, 2.45) is 10.7 Å². The molecule has 5 nitrogen and oxygen atoms in total. The summed E-state index contributed by atoms with van der Waals surface area (Å²) in [5.74, 6) is -1.78. The van der Waals surface area contributed by atoms with Crippen LogP contribution in [-0.2, 0) is 9.59 Å². The first-order valence-electron chi connectivity index (χ1n) is 2.84. The molecule has 60 valence electrons. The maximum Gasteiger partial charge on any atom is 0.249 e. The van der Waals surface area contributed by atoms with Gasteiger partial charge in [-0.05, 0) is 0 Å². The number of rotatable bonds is 1. The predicted molar refractivity (Wildman–Crippen MR) is 37.6 cm³/mol. The Morgan fingerprint density at radius 1 is 1.82 bits per heavy atom. The number of aliphatic imine (C=N–C) groups is 1. The van der Waals surface area contributed by atoms with Crippen LogP contribution in [-0.4, -0.2) is 22.3 Å². The SMILES string of the molecule is NC1=NC(=O)C[C@H](C(=O)[O-])S1. The number of thioether (sulfide) groups is 1. The second kappa shape index (κ2) is 2.91. The molecule has 0 fully saturated rings. The van der Waals surface area contributed by atoms with E-state index in [0.29, 0.717) is 0 Å². The molecule has 0 unspecified atom stereocenters. The molecule has 0 aromatic rings. The van der Waals surface area contributed by atoms with Crippen LogP contribution in [0.3, 0.4) is 0 Å². The Bertz CT molecular complexity index is 238. The van der Waals surface area contributed by atoms with Crippen molar-refractivity contribution in [3.8, 4) is 0 Å². The van der Waals surface area contributed by atoms with Gasteiger partial charge in [-0.1, -0.05) is 11.8 Å². The van der Waals surface area contributed by atoms with E-state index in [1.165, 1.54) is 0 Å². The molecule has 0 radical (unpaired) electrons. The van der Waals surface area contributed by atoms with Crippen LogP contribution in [0.1, 0.15) is 6.42 Å². The van der Waals surface area contributed by atoms with Crippen molar-refractivity contribution < 1.29 is 14.7 Å². The number of hydrogen-bond donors (Lipinski definition) is 1. The fourth-order valence-electron chi connectivity index (χ4n) is 0.672. The Morgan fingerprint density at radius 2 is 2.45 bits per heavy atom. The highest BCUT2D eigenvalue weighted by Gasteiger charge is 2.21. The minimum Gasteiger partial charge on any atom is -0.549 e. The number of carboxylic acids is 1. The minimum atomic E-state index is -1.28. The largest absolute Gasteiger partial charge is 0.549 e. The number of nitrogens with two attached hydrogens (primary N) is 1. The van der Waals surface area contributed by atoms with Crippen molar-refractivity contribution in [3.05, 3.63) is 0 Å². The molecule has 11 heavy (non-hydrogen) atoms. The minimum absolute atomic E-state index is 0.00421. The summed E-state index contributed by atoms with van der Waals surface area (Å²) in [5.41, 5.74) is 5.15. The van der Waals surface area contributed by atoms with Crippen LogP contribution in [0.15, 0.2) is 4.99 Å². The number of amides is 1. The number of carbonyl (C=O) groups is 2. The zero-order chi connectivity index (χ0) is 8.43. The van der Waals surface area contributed by atoms with Crippen molar-refractivity contribution in [2.75, 3.05) is 0 Å². The molecular formula is C5H5N2O3S-. The lowest BCUT2D eigenvalue weighted by molar-refractivity contribution is -0.304. The van der Waals surface area contributed by atoms with Gasteiger partial charge in [0.25, 0.3) is 0 Å². The topological polar surface area (TPSA) is 95.6 Å². The van der Waals surface area contributed by atoms with E-state index in [4.69, 9.17) is 5.73 Å². The quantitative estimate of drug-likeness (QED) is 0.498. The highest BCUT2D eigenvalue weighted by atomic mass is 32.2. The van der Waals surface area contributed by atoms with Crippen molar-refractivity contribution in [1.82, 2.24) is 0 Å². The zero-order valence-electron chi connectivity index (χ0n) is 5.44. The Balaban J connectivity index is 2.72. The van der Waals surface area contributed by atoms with Gasteiger partial charge in [0.15, 0.2) is 5.17 Å². The van der Waals surface area contributed by atoms with E-state index < -0.39 is 17.1 Å². The monoisotopic (exact) mass is 173 g/mol. The van der Waals surface area contributed by atoms with E-state index in [-0.39, 0.29) is 11.6 Å². The molecule has 1 aliphatic rings. The van der Waals surface area contributed by atoms with E-state index in [9.17, 15) is 14.7 Å². The number of amidine groups is 1. The van der Waals surface area contributed by atoms with Gasteiger partial charge >= 0.3 is 0 Å². The number of aliphatic carboxylic acids is 1. The van der Waals surface area contributed by atoms with Crippen LogP contribution in [0.5, 0.6) is 0 Å². The lowest BCUT2D eigenvalue weighted by Gasteiger charge is -2.18. The van der Waals surface area contributed by atoms with Gasteiger partial charge in [-0.15, -0.1) is 0 Å². The maximum atomic E-state index is 10.6. The third-order valence-corrected chi connectivity index (χ3v) is 2.10. The van der Waals surface area contributed by atoms with Gasteiger partial charge in [-0.25, -0.2) is 0 Å². The van der Waals surface area contributed by atoms with Gasteiger partial charge in [0.1, 0.15) is 0 Å². The highest BCUT2D eigenvalue weighted by Crippen LogP contribution is 2.19.